The van der Waals surface area contributed by atoms with Crippen LogP contribution in [0, 0.1) is 5.92 Å². The van der Waals surface area contributed by atoms with Crippen molar-refractivity contribution in [3.8, 4) is 0 Å². The van der Waals surface area contributed by atoms with Crippen LogP contribution in [0.3, 0.4) is 0 Å². The molecule has 0 radical (unpaired) electrons. The third-order valence-corrected chi connectivity index (χ3v) is 2.28. The van der Waals surface area contributed by atoms with Crippen molar-refractivity contribution in [2.24, 2.45) is 5.92 Å². The standard InChI is InChI=1S/C12H25ClN2/c1-12(2)11-15(8-6-5-7-13)10-9-14(3)4/h5-6,12H,7-11H2,1-4H3. The van der Waals surface area contributed by atoms with Crippen LogP contribution in [-0.4, -0.2) is 56.0 Å². The van der Waals surface area contributed by atoms with E-state index in [4.69, 9.17) is 11.6 Å². The maximum atomic E-state index is 5.60. The molecule has 0 fully saturated rings. The second kappa shape index (κ2) is 9.20. The SMILES string of the molecule is CC(C)CN(CC=CCCl)CCN(C)C. The van der Waals surface area contributed by atoms with E-state index in [0.29, 0.717) is 5.88 Å². The smallest absolute Gasteiger partial charge is 0.0404 e. The lowest BCUT2D eigenvalue weighted by Gasteiger charge is -2.24. The van der Waals surface area contributed by atoms with Crippen molar-refractivity contribution in [3.63, 3.8) is 0 Å². The fraction of sp³-hybridized carbons (Fsp3) is 0.833. The number of allylic oxidation sites excluding steroid dienone is 1. The predicted octanol–water partition coefficient (Wildman–Crippen LogP) is 2.30. The molecule has 0 saturated carbocycles. The van der Waals surface area contributed by atoms with Crippen LogP contribution >= 0.6 is 11.6 Å². The molecular weight excluding hydrogens is 208 g/mol. The first kappa shape index (κ1) is 14.9. The number of hydrogen-bond acceptors (Lipinski definition) is 2. The Hall–Kier alpha value is -0.0500. The van der Waals surface area contributed by atoms with Crippen LogP contribution in [0.4, 0.5) is 0 Å². The topological polar surface area (TPSA) is 6.48 Å². The summed E-state index contributed by atoms with van der Waals surface area (Å²) >= 11 is 5.60. The Morgan fingerprint density at radius 1 is 1.13 bits per heavy atom. The predicted molar refractivity (Wildman–Crippen MR) is 69.7 cm³/mol. The molecule has 2 nitrogen and oxygen atoms in total. The summed E-state index contributed by atoms with van der Waals surface area (Å²) in [6, 6.07) is 0. The van der Waals surface area contributed by atoms with Gasteiger partial charge < -0.3 is 4.90 Å². The lowest BCUT2D eigenvalue weighted by atomic mass is 10.2. The third kappa shape index (κ3) is 10.2. The van der Waals surface area contributed by atoms with Crippen molar-refractivity contribution in [2.75, 3.05) is 46.2 Å². The van der Waals surface area contributed by atoms with Gasteiger partial charge in [-0.15, -0.1) is 11.6 Å². The van der Waals surface area contributed by atoms with E-state index in [1.807, 2.05) is 6.08 Å². The van der Waals surface area contributed by atoms with E-state index < -0.39 is 0 Å². The average molecular weight is 233 g/mol. The molecule has 0 aromatic rings. The van der Waals surface area contributed by atoms with Crippen LogP contribution in [0.1, 0.15) is 13.8 Å². The monoisotopic (exact) mass is 232 g/mol. The highest BCUT2D eigenvalue weighted by molar-refractivity contribution is 6.18. The van der Waals surface area contributed by atoms with Gasteiger partial charge in [0.1, 0.15) is 0 Å². The van der Waals surface area contributed by atoms with Crippen LogP contribution in [0.2, 0.25) is 0 Å². The zero-order chi connectivity index (χ0) is 11.7. The van der Waals surface area contributed by atoms with Gasteiger partial charge in [-0.3, -0.25) is 4.90 Å². The first-order chi connectivity index (χ1) is 7.06. The molecule has 0 spiro atoms. The minimum atomic E-state index is 0.614. The van der Waals surface area contributed by atoms with Gasteiger partial charge in [0.15, 0.2) is 0 Å². The number of hydrogen-bond donors (Lipinski definition) is 0. The summed E-state index contributed by atoms with van der Waals surface area (Å²) in [5, 5.41) is 0. The van der Waals surface area contributed by atoms with Gasteiger partial charge in [0, 0.05) is 32.1 Å². The Kier molecular flexibility index (Phi) is 9.17. The van der Waals surface area contributed by atoms with Crippen LogP contribution < -0.4 is 0 Å². The number of rotatable bonds is 8. The van der Waals surface area contributed by atoms with E-state index in [9.17, 15) is 0 Å². The van der Waals surface area contributed by atoms with E-state index in [1.165, 1.54) is 0 Å². The Balaban J connectivity index is 3.89. The first-order valence-electron chi connectivity index (χ1n) is 5.64. The zero-order valence-electron chi connectivity index (χ0n) is 10.5. The molecule has 0 aromatic carbocycles. The van der Waals surface area contributed by atoms with E-state index in [1.54, 1.807) is 0 Å². The van der Waals surface area contributed by atoms with Crippen molar-refractivity contribution in [3.05, 3.63) is 12.2 Å². The van der Waals surface area contributed by atoms with E-state index >= 15 is 0 Å². The number of likely N-dealkylation sites (N-methyl/N-ethyl adjacent to an activating group) is 1. The molecule has 90 valence electrons. The average Bonchev–Trinajstić information content (AvgIpc) is 2.13. The second-order valence-electron chi connectivity index (χ2n) is 4.58. The molecule has 0 unspecified atom stereocenters. The lowest BCUT2D eigenvalue weighted by molar-refractivity contribution is 0.238. The Labute approximate surface area is 99.9 Å². The normalized spacial score (nSPS) is 12.5. The number of nitrogens with zero attached hydrogens (tertiary/aromatic N) is 2. The van der Waals surface area contributed by atoms with Crippen LogP contribution in [0.15, 0.2) is 12.2 Å². The molecule has 15 heavy (non-hydrogen) atoms. The first-order valence-corrected chi connectivity index (χ1v) is 6.17. The maximum Gasteiger partial charge on any atom is 0.0404 e. The molecule has 0 aliphatic heterocycles. The van der Waals surface area contributed by atoms with Crippen molar-refractivity contribution in [2.45, 2.75) is 13.8 Å². The number of alkyl halides is 1. The summed E-state index contributed by atoms with van der Waals surface area (Å²) in [7, 11) is 4.23. The highest BCUT2D eigenvalue weighted by Gasteiger charge is 2.05. The Bertz CT molecular complexity index is 167. The van der Waals surface area contributed by atoms with Gasteiger partial charge in [-0.1, -0.05) is 26.0 Å². The second-order valence-corrected chi connectivity index (χ2v) is 4.89. The summed E-state index contributed by atoms with van der Waals surface area (Å²) in [4.78, 5) is 4.69. The molecule has 0 aromatic heterocycles. The Morgan fingerprint density at radius 2 is 1.80 bits per heavy atom. The molecule has 0 heterocycles. The fourth-order valence-corrected chi connectivity index (χ4v) is 1.53. The molecule has 3 heteroatoms. The Morgan fingerprint density at radius 3 is 2.27 bits per heavy atom. The summed E-state index contributed by atoms with van der Waals surface area (Å²) in [5.41, 5.74) is 0. The van der Waals surface area contributed by atoms with Gasteiger partial charge >= 0.3 is 0 Å². The molecule has 0 bridgehead atoms. The molecule has 0 amide bonds. The minimum absolute atomic E-state index is 0.614. The van der Waals surface area contributed by atoms with Crippen LogP contribution in [0.5, 0.6) is 0 Å². The summed E-state index contributed by atoms with van der Waals surface area (Å²) in [6.07, 6.45) is 4.18. The lowest BCUT2D eigenvalue weighted by Crippen LogP contribution is -2.34. The summed E-state index contributed by atoms with van der Waals surface area (Å²) < 4.78 is 0. The number of halogens is 1. The third-order valence-electron chi connectivity index (χ3n) is 2.11. The molecule has 0 aliphatic carbocycles. The van der Waals surface area contributed by atoms with E-state index in [2.05, 4.69) is 43.8 Å². The van der Waals surface area contributed by atoms with Gasteiger partial charge in [-0.2, -0.15) is 0 Å². The van der Waals surface area contributed by atoms with Crippen LogP contribution in [0.25, 0.3) is 0 Å². The molecule has 0 rings (SSSR count). The van der Waals surface area contributed by atoms with Crippen molar-refractivity contribution >= 4 is 11.6 Å². The largest absolute Gasteiger partial charge is 0.308 e. The van der Waals surface area contributed by atoms with Crippen molar-refractivity contribution < 1.29 is 0 Å². The van der Waals surface area contributed by atoms with Gasteiger partial charge in [0.05, 0.1) is 0 Å². The minimum Gasteiger partial charge on any atom is -0.308 e. The van der Waals surface area contributed by atoms with E-state index in [0.717, 1.165) is 32.1 Å². The zero-order valence-corrected chi connectivity index (χ0v) is 11.3. The fourth-order valence-electron chi connectivity index (χ4n) is 1.40. The van der Waals surface area contributed by atoms with Crippen LogP contribution in [-0.2, 0) is 0 Å². The highest BCUT2D eigenvalue weighted by atomic mass is 35.5. The summed E-state index contributed by atoms with van der Waals surface area (Å²) in [5.74, 6) is 1.33. The van der Waals surface area contributed by atoms with Gasteiger partial charge in [-0.05, 0) is 20.0 Å². The molecular formula is C12H25ClN2. The molecule has 0 atom stereocenters. The van der Waals surface area contributed by atoms with Crippen molar-refractivity contribution in [1.29, 1.82) is 0 Å². The van der Waals surface area contributed by atoms with E-state index in [-0.39, 0.29) is 0 Å². The van der Waals surface area contributed by atoms with Gasteiger partial charge in [0.25, 0.3) is 0 Å². The maximum absolute atomic E-state index is 5.60. The molecule has 0 saturated heterocycles. The highest BCUT2D eigenvalue weighted by Crippen LogP contribution is 1.99. The van der Waals surface area contributed by atoms with Gasteiger partial charge in [-0.25, -0.2) is 0 Å². The molecule has 0 N–H and O–H groups in total. The molecule has 0 aliphatic rings. The van der Waals surface area contributed by atoms with Crippen molar-refractivity contribution in [1.82, 2.24) is 9.80 Å². The van der Waals surface area contributed by atoms with Gasteiger partial charge in [0.2, 0.25) is 0 Å². The summed E-state index contributed by atoms with van der Waals surface area (Å²) in [6.45, 7) is 8.92. The quantitative estimate of drug-likeness (QED) is 0.468.